The maximum Gasteiger partial charge on any atom is 0.130 e. The minimum absolute atomic E-state index is 0.128. The third kappa shape index (κ3) is 2.57. The van der Waals surface area contributed by atoms with Gasteiger partial charge in [0.1, 0.15) is 11.6 Å². The van der Waals surface area contributed by atoms with Gasteiger partial charge in [-0.25, -0.2) is 8.78 Å². The van der Waals surface area contributed by atoms with E-state index in [-0.39, 0.29) is 11.6 Å². The van der Waals surface area contributed by atoms with E-state index in [1.165, 1.54) is 18.2 Å². The maximum absolute atomic E-state index is 13.4. The third-order valence-electron chi connectivity index (χ3n) is 2.99. The Bertz CT molecular complexity index is 348. The van der Waals surface area contributed by atoms with Crippen LogP contribution in [0.25, 0.3) is 0 Å². The number of halogens is 2. The number of benzene rings is 1. The van der Waals surface area contributed by atoms with Crippen molar-refractivity contribution in [2.24, 2.45) is 5.73 Å². The van der Waals surface area contributed by atoms with Crippen molar-refractivity contribution in [2.75, 3.05) is 13.1 Å². The average Bonchev–Trinajstić information content (AvgIpc) is 2.24. The number of likely N-dealkylation sites (tertiary alicyclic amines) is 1. The summed E-state index contributed by atoms with van der Waals surface area (Å²) in [5.41, 5.74) is 5.98. The molecule has 2 N–H and O–H groups in total. The van der Waals surface area contributed by atoms with E-state index in [2.05, 4.69) is 0 Å². The molecular weight excluding hydrogens is 210 g/mol. The minimum Gasteiger partial charge on any atom is -0.327 e. The SMILES string of the molecule is N[C@H]1CCCN(Cc2c(F)cccc2F)C1. The second-order valence-electron chi connectivity index (χ2n) is 4.34. The van der Waals surface area contributed by atoms with Crippen LogP contribution in [0.2, 0.25) is 0 Å². The topological polar surface area (TPSA) is 29.3 Å². The molecule has 0 bridgehead atoms. The Labute approximate surface area is 94.0 Å². The molecule has 0 unspecified atom stereocenters. The van der Waals surface area contributed by atoms with Crippen LogP contribution in [0.3, 0.4) is 0 Å². The van der Waals surface area contributed by atoms with Crippen molar-refractivity contribution < 1.29 is 8.78 Å². The van der Waals surface area contributed by atoms with Crippen LogP contribution in [-0.2, 0) is 6.54 Å². The molecule has 1 aliphatic heterocycles. The highest BCUT2D eigenvalue weighted by molar-refractivity contribution is 5.19. The van der Waals surface area contributed by atoms with Crippen molar-refractivity contribution in [3.63, 3.8) is 0 Å². The normalized spacial score (nSPS) is 22.3. The van der Waals surface area contributed by atoms with E-state index in [0.29, 0.717) is 13.1 Å². The van der Waals surface area contributed by atoms with E-state index in [1.807, 2.05) is 4.90 Å². The minimum atomic E-state index is -0.473. The molecule has 1 heterocycles. The highest BCUT2D eigenvalue weighted by Gasteiger charge is 2.19. The van der Waals surface area contributed by atoms with E-state index in [4.69, 9.17) is 5.73 Å². The first-order valence-electron chi connectivity index (χ1n) is 5.57. The second-order valence-corrected chi connectivity index (χ2v) is 4.34. The molecule has 2 nitrogen and oxygen atoms in total. The quantitative estimate of drug-likeness (QED) is 0.834. The van der Waals surface area contributed by atoms with Crippen LogP contribution in [0, 0.1) is 11.6 Å². The van der Waals surface area contributed by atoms with E-state index in [1.54, 1.807) is 0 Å². The zero-order valence-corrected chi connectivity index (χ0v) is 9.13. The average molecular weight is 226 g/mol. The molecule has 16 heavy (non-hydrogen) atoms. The van der Waals surface area contributed by atoms with Crippen LogP contribution in [0.1, 0.15) is 18.4 Å². The van der Waals surface area contributed by atoms with Gasteiger partial charge in [-0.1, -0.05) is 6.07 Å². The van der Waals surface area contributed by atoms with Gasteiger partial charge >= 0.3 is 0 Å². The Hall–Kier alpha value is -1.00. The highest BCUT2D eigenvalue weighted by Crippen LogP contribution is 2.17. The first kappa shape index (κ1) is 11.5. The van der Waals surface area contributed by atoms with Gasteiger partial charge in [-0.2, -0.15) is 0 Å². The van der Waals surface area contributed by atoms with Crippen molar-refractivity contribution in [2.45, 2.75) is 25.4 Å². The fourth-order valence-corrected chi connectivity index (χ4v) is 2.14. The smallest absolute Gasteiger partial charge is 0.130 e. The van der Waals surface area contributed by atoms with E-state index in [0.717, 1.165) is 19.4 Å². The Balaban J connectivity index is 2.08. The fraction of sp³-hybridized carbons (Fsp3) is 0.500. The molecule has 4 heteroatoms. The third-order valence-corrected chi connectivity index (χ3v) is 2.99. The van der Waals surface area contributed by atoms with Crippen molar-refractivity contribution in [3.8, 4) is 0 Å². The Morgan fingerprint density at radius 1 is 1.31 bits per heavy atom. The highest BCUT2D eigenvalue weighted by atomic mass is 19.1. The summed E-state index contributed by atoms with van der Waals surface area (Å²) in [4.78, 5) is 2.01. The summed E-state index contributed by atoms with van der Waals surface area (Å²) < 4.78 is 26.8. The maximum atomic E-state index is 13.4. The molecule has 0 saturated carbocycles. The molecule has 88 valence electrons. The Morgan fingerprint density at radius 3 is 2.62 bits per heavy atom. The van der Waals surface area contributed by atoms with E-state index < -0.39 is 11.6 Å². The molecule has 2 rings (SSSR count). The molecule has 1 saturated heterocycles. The lowest BCUT2D eigenvalue weighted by molar-refractivity contribution is 0.197. The van der Waals surface area contributed by atoms with E-state index >= 15 is 0 Å². The zero-order valence-electron chi connectivity index (χ0n) is 9.13. The summed E-state index contributed by atoms with van der Waals surface area (Å²) in [7, 11) is 0. The molecule has 1 aromatic rings. The fourth-order valence-electron chi connectivity index (χ4n) is 2.14. The number of hydrogen-bond acceptors (Lipinski definition) is 2. The Kier molecular flexibility index (Phi) is 3.51. The van der Waals surface area contributed by atoms with Gasteiger partial charge in [-0.15, -0.1) is 0 Å². The zero-order chi connectivity index (χ0) is 11.5. The molecule has 0 amide bonds. The lowest BCUT2D eigenvalue weighted by atomic mass is 10.1. The number of nitrogens with two attached hydrogens (primary N) is 1. The lowest BCUT2D eigenvalue weighted by Crippen LogP contribution is -2.42. The Morgan fingerprint density at radius 2 is 2.00 bits per heavy atom. The number of nitrogens with zero attached hydrogens (tertiary/aromatic N) is 1. The molecule has 1 atom stereocenters. The van der Waals surface area contributed by atoms with Crippen LogP contribution in [0.15, 0.2) is 18.2 Å². The molecule has 0 aromatic heterocycles. The lowest BCUT2D eigenvalue weighted by Gasteiger charge is -2.30. The van der Waals surface area contributed by atoms with Crippen LogP contribution in [0.4, 0.5) is 8.78 Å². The van der Waals surface area contributed by atoms with Gasteiger partial charge in [0.05, 0.1) is 0 Å². The van der Waals surface area contributed by atoms with E-state index in [9.17, 15) is 8.78 Å². The first-order chi connectivity index (χ1) is 7.66. The predicted molar refractivity (Wildman–Crippen MR) is 58.8 cm³/mol. The van der Waals surface area contributed by atoms with Gasteiger partial charge < -0.3 is 5.73 Å². The van der Waals surface area contributed by atoms with Crippen molar-refractivity contribution >= 4 is 0 Å². The summed E-state index contributed by atoms with van der Waals surface area (Å²) in [5.74, 6) is -0.946. The summed E-state index contributed by atoms with van der Waals surface area (Å²) >= 11 is 0. The van der Waals surface area contributed by atoms with Crippen LogP contribution < -0.4 is 5.73 Å². The van der Waals surface area contributed by atoms with Gasteiger partial charge in [0, 0.05) is 24.7 Å². The molecule has 0 spiro atoms. The first-order valence-corrected chi connectivity index (χ1v) is 5.57. The van der Waals surface area contributed by atoms with Gasteiger partial charge in [-0.05, 0) is 31.5 Å². The van der Waals surface area contributed by atoms with Crippen LogP contribution in [-0.4, -0.2) is 24.0 Å². The number of rotatable bonds is 2. The van der Waals surface area contributed by atoms with Gasteiger partial charge in [0.25, 0.3) is 0 Å². The van der Waals surface area contributed by atoms with Crippen molar-refractivity contribution in [3.05, 3.63) is 35.4 Å². The number of piperidine rings is 1. The van der Waals surface area contributed by atoms with Gasteiger partial charge in [-0.3, -0.25) is 4.90 Å². The monoisotopic (exact) mass is 226 g/mol. The molecule has 1 fully saturated rings. The van der Waals surface area contributed by atoms with Crippen LogP contribution >= 0.6 is 0 Å². The summed E-state index contributed by atoms with van der Waals surface area (Å²) in [6.07, 6.45) is 1.99. The molecule has 1 aromatic carbocycles. The van der Waals surface area contributed by atoms with Crippen molar-refractivity contribution in [1.29, 1.82) is 0 Å². The summed E-state index contributed by atoms with van der Waals surface area (Å²) in [5, 5.41) is 0. The largest absolute Gasteiger partial charge is 0.327 e. The van der Waals surface area contributed by atoms with Crippen molar-refractivity contribution in [1.82, 2.24) is 4.90 Å². The summed E-state index contributed by atoms with van der Waals surface area (Å²) in [6.45, 7) is 1.89. The predicted octanol–water partition coefficient (Wildman–Crippen LogP) is 1.89. The molecular formula is C12H16F2N2. The molecule has 0 radical (unpaired) electrons. The van der Waals surface area contributed by atoms with Gasteiger partial charge in [0.15, 0.2) is 0 Å². The molecule has 1 aliphatic rings. The standard InChI is InChI=1S/C12H16F2N2/c13-11-4-1-5-12(14)10(11)8-16-6-2-3-9(15)7-16/h1,4-5,9H,2-3,6-8,15H2/t9-/m0/s1. The molecule has 0 aliphatic carbocycles. The van der Waals surface area contributed by atoms with Gasteiger partial charge in [0.2, 0.25) is 0 Å². The van der Waals surface area contributed by atoms with Crippen LogP contribution in [0.5, 0.6) is 0 Å². The number of hydrogen-bond donors (Lipinski definition) is 1. The summed E-state index contributed by atoms with van der Waals surface area (Å²) in [6, 6.07) is 4.10. The second kappa shape index (κ2) is 4.89.